The second-order valence-electron chi connectivity index (χ2n) is 7.54. The summed E-state index contributed by atoms with van der Waals surface area (Å²) in [6, 6.07) is 16.4. The molecule has 2 atom stereocenters. The van der Waals surface area contributed by atoms with Crippen LogP contribution in [0.1, 0.15) is 47.4 Å². The Balaban J connectivity index is 1.82. The highest BCUT2D eigenvalue weighted by Gasteiger charge is 2.81. The number of benzene rings is 2. The number of aliphatic hydroxyl groups is 1. The third-order valence-corrected chi connectivity index (χ3v) is 6.79. The molecule has 0 saturated carbocycles. The standard InChI is InChI=1S/C22H17NO3/c1-2-16-21-17(24)11-18(25)22(21,26-23-16)20-14-9-5-3-7-12(14)19(21)13-8-4-6-10-15(13)20/h3-11,19-20,24H,2H2,1H3. The molecule has 0 amide bonds. The largest absolute Gasteiger partial charge is 0.511 e. The van der Waals surface area contributed by atoms with Gasteiger partial charge in [0.25, 0.3) is 0 Å². The number of carbonyl (C=O) groups is 1. The molecule has 0 fully saturated rings. The van der Waals surface area contributed by atoms with Crippen LogP contribution in [0.2, 0.25) is 0 Å². The Bertz CT molecular complexity index is 1020. The van der Waals surface area contributed by atoms with E-state index in [0.29, 0.717) is 6.42 Å². The van der Waals surface area contributed by atoms with Crippen molar-refractivity contribution >= 4 is 11.5 Å². The maximum atomic E-state index is 13.3. The van der Waals surface area contributed by atoms with Crippen molar-refractivity contribution in [3.63, 3.8) is 0 Å². The third kappa shape index (κ3) is 1.15. The minimum atomic E-state index is -1.20. The summed E-state index contributed by atoms with van der Waals surface area (Å²) in [4.78, 5) is 19.3. The summed E-state index contributed by atoms with van der Waals surface area (Å²) >= 11 is 0. The Hall–Kier alpha value is -2.88. The number of hydrogen-bond donors (Lipinski definition) is 1. The number of oxime groups is 1. The Morgan fingerprint density at radius 3 is 2.08 bits per heavy atom. The van der Waals surface area contributed by atoms with Gasteiger partial charge in [-0.3, -0.25) is 4.79 Å². The quantitative estimate of drug-likeness (QED) is 0.856. The molecule has 1 heterocycles. The van der Waals surface area contributed by atoms with Gasteiger partial charge in [-0.25, -0.2) is 0 Å². The lowest BCUT2D eigenvalue weighted by Gasteiger charge is -2.56. The number of ketones is 1. The molecule has 26 heavy (non-hydrogen) atoms. The molecule has 0 saturated heterocycles. The van der Waals surface area contributed by atoms with Crippen LogP contribution < -0.4 is 0 Å². The van der Waals surface area contributed by atoms with Crippen LogP contribution in [0.25, 0.3) is 0 Å². The number of rotatable bonds is 1. The van der Waals surface area contributed by atoms with Gasteiger partial charge in [-0.15, -0.1) is 0 Å². The minimum Gasteiger partial charge on any atom is -0.511 e. The molecule has 2 aromatic rings. The summed E-state index contributed by atoms with van der Waals surface area (Å²) in [5, 5.41) is 15.5. The molecule has 5 aliphatic rings. The van der Waals surface area contributed by atoms with Crippen molar-refractivity contribution in [3.05, 3.63) is 82.6 Å². The molecule has 0 spiro atoms. The molecule has 0 aromatic heterocycles. The SMILES string of the molecule is CCC1=NOC23C(=O)C=C(O)C12C1c2ccccc2C3c2ccccc21. The van der Waals surface area contributed by atoms with Gasteiger partial charge < -0.3 is 9.94 Å². The van der Waals surface area contributed by atoms with Crippen LogP contribution in [-0.4, -0.2) is 22.2 Å². The smallest absolute Gasteiger partial charge is 0.228 e. The first kappa shape index (κ1) is 14.3. The van der Waals surface area contributed by atoms with Crippen LogP contribution >= 0.6 is 0 Å². The maximum absolute atomic E-state index is 13.3. The van der Waals surface area contributed by atoms with Gasteiger partial charge in [-0.2, -0.15) is 0 Å². The van der Waals surface area contributed by atoms with Crippen molar-refractivity contribution in [2.75, 3.05) is 0 Å². The third-order valence-electron chi connectivity index (χ3n) is 6.79. The summed E-state index contributed by atoms with van der Waals surface area (Å²) in [6.07, 6.45) is 2.00. The lowest BCUT2D eigenvalue weighted by Crippen LogP contribution is -2.64. The molecule has 4 nitrogen and oxygen atoms in total. The van der Waals surface area contributed by atoms with Crippen molar-refractivity contribution in [3.8, 4) is 0 Å². The van der Waals surface area contributed by atoms with E-state index in [4.69, 9.17) is 4.84 Å². The lowest BCUT2D eigenvalue weighted by atomic mass is 9.44. The van der Waals surface area contributed by atoms with Crippen LogP contribution in [0.15, 0.2) is 65.5 Å². The fraction of sp³-hybridized carbons (Fsp3) is 0.273. The molecule has 1 aliphatic heterocycles. The lowest BCUT2D eigenvalue weighted by molar-refractivity contribution is -0.150. The maximum Gasteiger partial charge on any atom is 0.228 e. The minimum absolute atomic E-state index is 0.0969. The fourth-order valence-corrected chi connectivity index (χ4v) is 6.02. The van der Waals surface area contributed by atoms with Crippen molar-refractivity contribution < 1.29 is 14.7 Å². The van der Waals surface area contributed by atoms with Crippen molar-refractivity contribution in [2.24, 2.45) is 10.6 Å². The predicted molar refractivity (Wildman–Crippen MR) is 96.3 cm³/mol. The van der Waals surface area contributed by atoms with E-state index in [1.54, 1.807) is 0 Å². The summed E-state index contributed by atoms with van der Waals surface area (Å²) < 4.78 is 0. The second kappa shape index (κ2) is 4.26. The highest BCUT2D eigenvalue weighted by molar-refractivity contribution is 6.14. The molecular weight excluding hydrogens is 326 g/mol. The Kier molecular flexibility index (Phi) is 2.34. The average molecular weight is 343 g/mol. The number of carbonyl (C=O) groups excluding carboxylic acids is 1. The Labute approximate surface area is 150 Å². The van der Waals surface area contributed by atoms with Gasteiger partial charge >= 0.3 is 0 Å². The van der Waals surface area contributed by atoms with Gasteiger partial charge in [0.1, 0.15) is 11.2 Å². The number of hydrogen-bond acceptors (Lipinski definition) is 4. The molecule has 2 unspecified atom stereocenters. The summed E-state index contributed by atoms with van der Waals surface area (Å²) in [6.45, 7) is 2.00. The van der Waals surface area contributed by atoms with Crippen molar-refractivity contribution in [2.45, 2.75) is 30.8 Å². The molecule has 2 bridgehead atoms. The normalized spacial score (nSPS) is 35.0. The van der Waals surface area contributed by atoms with E-state index in [-0.39, 0.29) is 23.4 Å². The Morgan fingerprint density at radius 2 is 1.54 bits per heavy atom. The van der Waals surface area contributed by atoms with E-state index in [1.165, 1.54) is 6.08 Å². The van der Waals surface area contributed by atoms with Gasteiger partial charge in [-0.05, 0) is 28.7 Å². The van der Waals surface area contributed by atoms with Gasteiger partial charge in [0.05, 0.1) is 11.6 Å². The number of nitrogens with zero attached hydrogens (tertiary/aromatic N) is 1. The summed E-state index contributed by atoms with van der Waals surface area (Å²) in [5.74, 6) is -0.536. The van der Waals surface area contributed by atoms with Crippen molar-refractivity contribution in [1.29, 1.82) is 0 Å². The molecule has 0 radical (unpaired) electrons. The van der Waals surface area contributed by atoms with Crippen LogP contribution in [0.4, 0.5) is 0 Å². The van der Waals surface area contributed by atoms with Crippen LogP contribution in [0.5, 0.6) is 0 Å². The monoisotopic (exact) mass is 343 g/mol. The molecule has 7 rings (SSSR count). The fourth-order valence-electron chi connectivity index (χ4n) is 6.02. The highest BCUT2D eigenvalue weighted by atomic mass is 16.7. The zero-order chi connectivity index (χ0) is 17.7. The van der Waals surface area contributed by atoms with Crippen LogP contribution in [0.3, 0.4) is 0 Å². The topological polar surface area (TPSA) is 58.9 Å². The molecule has 4 aliphatic carbocycles. The zero-order valence-corrected chi connectivity index (χ0v) is 14.3. The van der Waals surface area contributed by atoms with E-state index >= 15 is 0 Å². The molecule has 2 aromatic carbocycles. The first-order chi connectivity index (χ1) is 12.7. The van der Waals surface area contributed by atoms with Crippen LogP contribution in [0, 0.1) is 5.41 Å². The summed E-state index contributed by atoms with van der Waals surface area (Å²) in [7, 11) is 0. The second-order valence-corrected chi connectivity index (χ2v) is 7.54. The molecule has 1 N–H and O–H groups in total. The Morgan fingerprint density at radius 1 is 1.00 bits per heavy atom. The van der Waals surface area contributed by atoms with Crippen LogP contribution in [-0.2, 0) is 9.63 Å². The zero-order valence-electron chi connectivity index (χ0n) is 14.3. The van der Waals surface area contributed by atoms with E-state index in [2.05, 4.69) is 29.4 Å². The molecular formula is C22H17NO3. The molecule has 4 heteroatoms. The van der Waals surface area contributed by atoms with E-state index in [1.807, 2.05) is 31.2 Å². The first-order valence-corrected chi connectivity index (χ1v) is 9.06. The van der Waals surface area contributed by atoms with Gasteiger partial charge in [0, 0.05) is 12.0 Å². The predicted octanol–water partition coefficient (Wildman–Crippen LogP) is 3.82. The van der Waals surface area contributed by atoms with Gasteiger partial charge in [0.15, 0.2) is 0 Å². The first-order valence-electron chi connectivity index (χ1n) is 9.06. The highest BCUT2D eigenvalue weighted by Crippen LogP contribution is 2.73. The van der Waals surface area contributed by atoms with Crippen molar-refractivity contribution in [1.82, 2.24) is 0 Å². The molecule has 128 valence electrons. The van der Waals surface area contributed by atoms with Gasteiger partial charge in [0.2, 0.25) is 11.4 Å². The average Bonchev–Trinajstić information content (AvgIpc) is 3.15. The van der Waals surface area contributed by atoms with Gasteiger partial charge in [-0.1, -0.05) is 60.6 Å². The van der Waals surface area contributed by atoms with E-state index in [0.717, 1.165) is 28.0 Å². The summed E-state index contributed by atoms with van der Waals surface area (Å²) in [5.41, 5.74) is 3.17. The van der Waals surface area contributed by atoms with E-state index in [9.17, 15) is 9.90 Å². The number of aliphatic hydroxyl groups excluding tert-OH is 1. The van der Waals surface area contributed by atoms with E-state index < -0.39 is 11.0 Å².